The molecule has 0 radical (unpaired) electrons. The van der Waals surface area contributed by atoms with Crippen LogP contribution in [0.5, 0.6) is 11.6 Å². The molecule has 1 saturated heterocycles. The first kappa shape index (κ1) is 23.6. The van der Waals surface area contributed by atoms with Crippen LogP contribution in [0.25, 0.3) is 33.6 Å². The number of rotatable bonds is 6. The lowest BCUT2D eigenvalue weighted by Crippen LogP contribution is -2.42. The summed E-state index contributed by atoms with van der Waals surface area (Å²) < 4.78 is 15.6. The van der Waals surface area contributed by atoms with Crippen LogP contribution in [0, 0.1) is 17.8 Å². The second-order valence-corrected chi connectivity index (χ2v) is 11.4. The summed E-state index contributed by atoms with van der Waals surface area (Å²) in [5, 5.41) is 1.06. The van der Waals surface area contributed by atoms with Gasteiger partial charge < -0.3 is 23.5 Å². The molecule has 0 bridgehead atoms. The first-order valence-corrected chi connectivity index (χ1v) is 13.9. The van der Waals surface area contributed by atoms with Gasteiger partial charge in [-0.25, -0.2) is 4.98 Å². The van der Waals surface area contributed by atoms with E-state index in [2.05, 4.69) is 21.3 Å². The number of imidazole rings is 1. The van der Waals surface area contributed by atoms with E-state index in [4.69, 9.17) is 19.4 Å². The van der Waals surface area contributed by atoms with Crippen LogP contribution >= 0.6 is 0 Å². The normalized spacial score (nSPS) is 21.3. The van der Waals surface area contributed by atoms with Gasteiger partial charge in [0.1, 0.15) is 16.9 Å². The third kappa shape index (κ3) is 3.84. The topological polar surface area (TPSA) is 74.4 Å². The number of carbonyl (C=O) groups excluding carboxylic acids is 1. The molecule has 2 aliphatic carbocycles. The van der Waals surface area contributed by atoms with Crippen LogP contribution < -0.4 is 9.47 Å². The molecule has 2 atom stereocenters. The highest BCUT2D eigenvalue weighted by molar-refractivity contribution is 6.00. The van der Waals surface area contributed by atoms with Crippen molar-refractivity contribution in [1.29, 1.82) is 0 Å². The smallest absolute Gasteiger partial charge is 0.254 e. The molecule has 2 saturated carbocycles. The van der Waals surface area contributed by atoms with E-state index in [1.54, 1.807) is 14.2 Å². The molecule has 3 aromatic heterocycles. The van der Waals surface area contributed by atoms with Crippen LogP contribution in [0.4, 0.5) is 0 Å². The highest BCUT2D eigenvalue weighted by Gasteiger charge is 2.35. The lowest BCUT2D eigenvalue weighted by molar-refractivity contribution is 0.0627. The fourth-order valence-corrected chi connectivity index (χ4v) is 6.77. The molecule has 1 aliphatic heterocycles. The third-order valence-corrected chi connectivity index (χ3v) is 9.02. The lowest BCUT2D eigenvalue weighted by atomic mass is 9.88. The summed E-state index contributed by atoms with van der Waals surface area (Å²) in [4.78, 5) is 25.5. The van der Waals surface area contributed by atoms with E-state index in [-0.39, 0.29) is 5.91 Å². The van der Waals surface area contributed by atoms with Crippen LogP contribution in [0.15, 0.2) is 30.3 Å². The number of methoxy groups -OCH3 is 2. The minimum absolute atomic E-state index is 0.0851. The van der Waals surface area contributed by atoms with Crippen LogP contribution in [-0.2, 0) is 13.6 Å². The Morgan fingerprint density at radius 1 is 1.00 bits per heavy atom. The summed E-state index contributed by atoms with van der Waals surface area (Å²) in [5.74, 6) is 4.32. The van der Waals surface area contributed by atoms with Crippen LogP contribution in [0.3, 0.4) is 0 Å². The molecule has 4 aromatic rings. The summed E-state index contributed by atoms with van der Waals surface area (Å²) >= 11 is 0. The number of likely N-dealkylation sites (tertiary alicyclic amines) is 1. The van der Waals surface area contributed by atoms with Gasteiger partial charge in [-0.15, -0.1) is 0 Å². The van der Waals surface area contributed by atoms with Gasteiger partial charge in [0.25, 0.3) is 5.91 Å². The quantitative estimate of drug-likeness (QED) is 0.351. The fraction of sp³-hybridized carbons (Fsp3) is 0.500. The molecule has 38 heavy (non-hydrogen) atoms. The molecular formula is C30H35N5O3. The number of carbonyl (C=O) groups is 1. The third-order valence-electron chi connectivity index (χ3n) is 9.02. The number of aryl methyl sites for hydroxylation is 1. The van der Waals surface area contributed by atoms with Gasteiger partial charge in [0.15, 0.2) is 5.82 Å². The zero-order chi connectivity index (χ0) is 26.0. The predicted molar refractivity (Wildman–Crippen MR) is 147 cm³/mol. The summed E-state index contributed by atoms with van der Waals surface area (Å²) in [7, 11) is 5.34. The van der Waals surface area contributed by atoms with Gasteiger partial charge in [-0.05, 0) is 67.7 Å². The average molecular weight is 514 g/mol. The number of nitrogens with zero attached hydrogens (tertiary/aromatic N) is 5. The van der Waals surface area contributed by atoms with Crippen molar-refractivity contribution in [3.05, 3.63) is 35.9 Å². The summed E-state index contributed by atoms with van der Waals surface area (Å²) in [5.41, 5.74) is 4.25. The van der Waals surface area contributed by atoms with Crippen molar-refractivity contribution in [2.24, 2.45) is 24.8 Å². The van der Waals surface area contributed by atoms with Gasteiger partial charge in [0.2, 0.25) is 5.88 Å². The maximum atomic E-state index is 13.6. The Kier molecular flexibility index (Phi) is 5.60. The van der Waals surface area contributed by atoms with Crippen molar-refractivity contribution >= 4 is 28.0 Å². The zero-order valence-electron chi connectivity index (χ0n) is 22.4. The van der Waals surface area contributed by atoms with E-state index in [0.29, 0.717) is 29.0 Å². The number of ether oxygens (including phenoxy) is 2. The van der Waals surface area contributed by atoms with Gasteiger partial charge >= 0.3 is 0 Å². The maximum absolute atomic E-state index is 13.6. The number of amides is 1. The Hall–Kier alpha value is -3.55. The Bertz CT molecular complexity index is 1550. The number of hydrogen-bond acceptors (Lipinski definition) is 5. The number of benzene rings is 1. The van der Waals surface area contributed by atoms with Gasteiger partial charge in [-0.3, -0.25) is 4.79 Å². The van der Waals surface area contributed by atoms with Crippen molar-refractivity contribution in [2.75, 3.05) is 27.3 Å². The van der Waals surface area contributed by atoms with Crippen LogP contribution in [-0.4, -0.2) is 57.2 Å². The van der Waals surface area contributed by atoms with Crippen LogP contribution in [0.1, 0.15) is 48.9 Å². The number of aromatic nitrogens is 4. The fourth-order valence-electron chi connectivity index (χ4n) is 6.77. The molecule has 1 amide bonds. The number of pyridine rings is 1. The first-order valence-electron chi connectivity index (χ1n) is 13.9. The number of hydrogen-bond donors (Lipinski definition) is 0. The van der Waals surface area contributed by atoms with Crippen molar-refractivity contribution in [3.63, 3.8) is 0 Å². The molecule has 8 nitrogen and oxygen atoms in total. The molecule has 8 heteroatoms. The van der Waals surface area contributed by atoms with E-state index in [9.17, 15) is 4.79 Å². The van der Waals surface area contributed by atoms with Crippen molar-refractivity contribution in [2.45, 2.75) is 45.1 Å². The van der Waals surface area contributed by atoms with E-state index in [1.807, 2.05) is 30.1 Å². The van der Waals surface area contributed by atoms with Gasteiger partial charge in [-0.2, -0.15) is 4.98 Å². The van der Waals surface area contributed by atoms with Gasteiger partial charge in [-0.1, -0.05) is 12.8 Å². The van der Waals surface area contributed by atoms with Crippen molar-refractivity contribution < 1.29 is 14.3 Å². The number of piperidine rings is 1. The molecule has 7 rings (SSSR count). The van der Waals surface area contributed by atoms with Crippen LogP contribution in [0.2, 0.25) is 0 Å². The maximum Gasteiger partial charge on any atom is 0.254 e. The summed E-state index contributed by atoms with van der Waals surface area (Å²) in [6, 6.07) is 9.96. The molecular weight excluding hydrogens is 478 g/mol. The largest absolute Gasteiger partial charge is 0.494 e. The van der Waals surface area contributed by atoms with Crippen molar-refractivity contribution in [3.8, 4) is 23.1 Å². The SMILES string of the molecule is COc1ccc2cc(-c3nc4cc(C(=O)N5CC[C@H]6CCC[C@H]6C5)cc(OC)c4n3C)n(CC3CC3)c2n1. The summed E-state index contributed by atoms with van der Waals surface area (Å²) in [6.45, 7) is 2.61. The molecule has 0 N–H and O–H groups in total. The van der Waals surface area contributed by atoms with E-state index in [0.717, 1.165) is 65.6 Å². The molecule has 3 fully saturated rings. The Morgan fingerprint density at radius 2 is 1.84 bits per heavy atom. The van der Waals surface area contributed by atoms with Gasteiger partial charge in [0, 0.05) is 43.7 Å². The Morgan fingerprint density at radius 3 is 2.63 bits per heavy atom. The second-order valence-electron chi connectivity index (χ2n) is 11.4. The molecule has 198 valence electrons. The average Bonchev–Trinajstić information content (AvgIpc) is 3.37. The molecule has 0 spiro atoms. The van der Waals surface area contributed by atoms with Crippen molar-refractivity contribution in [1.82, 2.24) is 24.0 Å². The first-order chi connectivity index (χ1) is 18.5. The Balaban J connectivity index is 1.31. The van der Waals surface area contributed by atoms with E-state index in [1.165, 1.54) is 32.1 Å². The second kappa shape index (κ2) is 9.03. The minimum Gasteiger partial charge on any atom is -0.494 e. The van der Waals surface area contributed by atoms with E-state index >= 15 is 0 Å². The monoisotopic (exact) mass is 513 g/mol. The molecule has 3 aliphatic rings. The highest BCUT2D eigenvalue weighted by Crippen LogP contribution is 2.40. The minimum atomic E-state index is 0.0851. The molecule has 0 unspecified atom stereocenters. The summed E-state index contributed by atoms with van der Waals surface area (Å²) in [6.07, 6.45) is 7.46. The highest BCUT2D eigenvalue weighted by atomic mass is 16.5. The number of fused-ring (bicyclic) bond motifs is 3. The predicted octanol–water partition coefficient (Wildman–Crippen LogP) is 5.28. The van der Waals surface area contributed by atoms with E-state index < -0.39 is 0 Å². The lowest BCUT2D eigenvalue weighted by Gasteiger charge is -2.35. The standard InChI is InChI=1S/C30H35N5O3/c1-33-27-23(13-22(15-25(27)37-2)30(36)34-12-11-19-5-4-6-21(19)17-34)31-29(33)24-14-20-9-10-26(38-3)32-28(20)35(24)16-18-7-8-18/h9-10,13-15,18-19,21H,4-8,11-12,16-17H2,1-3H3/t19-,21+/m1/s1. The Labute approximate surface area is 222 Å². The molecule has 1 aromatic carbocycles. The van der Waals surface area contributed by atoms with Gasteiger partial charge in [0.05, 0.1) is 25.4 Å². The zero-order valence-corrected chi connectivity index (χ0v) is 22.4. The molecule has 4 heterocycles.